The fraction of sp³-hybridized carbons (Fsp3) is 0.280. The van der Waals surface area contributed by atoms with Crippen LogP contribution in [-0.2, 0) is 27.7 Å². The minimum atomic E-state index is -3.53. The third-order valence-corrected chi connectivity index (χ3v) is 6.77. The minimum Gasteiger partial charge on any atom is -0.382 e. The van der Waals surface area contributed by atoms with E-state index >= 15 is 0 Å². The van der Waals surface area contributed by atoms with Gasteiger partial charge in [-0.25, -0.2) is 18.4 Å². The van der Waals surface area contributed by atoms with Crippen LogP contribution in [0.4, 0.5) is 5.82 Å². The van der Waals surface area contributed by atoms with E-state index in [4.69, 9.17) is 15.5 Å². The number of aryl methyl sites for hydroxylation is 1. The van der Waals surface area contributed by atoms with Crippen LogP contribution in [0.25, 0.3) is 28.0 Å². The predicted molar refractivity (Wildman–Crippen MR) is 132 cm³/mol. The molecule has 0 saturated heterocycles. The van der Waals surface area contributed by atoms with Crippen LogP contribution in [0.1, 0.15) is 38.1 Å². The summed E-state index contributed by atoms with van der Waals surface area (Å²) in [7, 11) is -3.53. The van der Waals surface area contributed by atoms with Crippen LogP contribution in [0.2, 0.25) is 0 Å². The summed E-state index contributed by atoms with van der Waals surface area (Å²) in [5.41, 5.74) is 9.30. The van der Waals surface area contributed by atoms with Gasteiger partial charge in [-0.2, -0.15) is 0 Å². The average Bonchev–Trinajstić information content (AvgIpc) is 3.18. The molecular weight excluding hydrogens is 436 g/mol. The maximum absolute atomic E-state index is 12.6. The largest absolute Gasteiger partial charge is 0.382 e. The molecule has 2 aromatic carbocycles. The molecule has 0 radical (unpaired) electrons. The highest BCUT2D eigenvalue weighted by molar-refractivity contribution is 7.94. The standard InChI is InChI=1S/C25H28N4O3S/c1-3-13-29-22(17-32-14-4-2)28-23-24(29)20-11-10-18(16-21(20)27-25(23)26)12-15-33(30,31)19-8-6-5-7-9-19/h5-12,15-16H,3-4,13-14,17H2,1-2H3,(H2,26,27)/b15-12+. The summed E-state index contributed by atoms with van der Waals surface area (Å²) >= 11 is 0. The van der Waals surface area contributed by atoms with Gasteiger partial charge in [-0.15, -0.1) is 0 Å². The van der Waals surface area contributed by atoms with Gasteiger partial charge >= 0.3 is 0 Å². The first-order chi connectivity index (χ1) is 15.9. The van der Waals surface area contributed by atoms with Gasteiger partial charge in [0.1, 0.15) is 17.9 Å². The van der Waals surface area contributed by atoms with Crippen LogP contribution in [0.5, 0.6) is 0 Å². The van der Waals surface area contributed by atoms with Crippen molar-refractivity contribution in [2.24, 2.45) is 0 Å². The molecule has 172 valence electrons. The van der Waals surface area contributed by atoms with Crippen molar-refractivity contribution >= 4 is 43.7 Å². The van der Waals surface area contributed by atoms with Crippen LogP contribution < -0.4 is 5.73 Å². The molecule has 0 spiro atoms. The van der Waals surface area contributed by atoms with Crippen molar-refractivity contribution < 1.29 is 13.2 Å². The molecule has 8 heteroatoms. The van der Waals surface area contributed by atoms with Crippen LogP contribution in [0, 0.1) is 0 Å². The fourth-order valence-corrected chi connectivity index (χ4v) is 4.85. The number of hydrogen-bond donors (Lipinski definition) is 1. The van der Waals surface area contributed by atoms with Gasteiger partial charge in [-0.3, -0.25) is 0 Å². The number of imidazole rings is 1. The number of rotatable bonds is 9. The molecule has 0 bridgehead atoms. The zero-order valence-corrected chi connectivity index (χ0v) is 19.7. The van der Waals surface area contributed by atoms with Gasteiger partial charge in [-0.1, -0.05) is 44.2 Å². The summed E-state index contributed by atoms with van der Waals surface area (Å²) in [6.07, 6.45) is 3.46. The number of pyridine rings is 1. The number of hydrogen-bond acceptors (Lipinski definition) is 6. The minimum absolute atomic E-state index is 0.257. The van der Waals surface area contributed by atoms with Crippen molar-refractivity contribution in [2.45, 2.75) is 44.7 Å². The fourth-order valence-electron chi connectivity index (χ4n) is 3.82. The molecule has 0 aliphatic carbocycles. The number of anilines is 1. The maximum Gasteiger partial charge on any atom is 0.199 e. The van der Waals surface area contributed by atoms with Gasteiger partial charge in [0.15, 0.2) is 15.7 Å². The molecule has 0 aliphatic heterocycles. The van der Waals surface area contributed by atoms with Gasteiger partial charge in [0.2, 0.25) is 0 Å². The van der Waals surface area contributed by atoms with Crippen molar-refractivity contribution in [1.29, 1.82) is 0 Å². The Hall–Kier alpha value is -3.23. The zero-order valence-electron chi connectivity index (χ0n) is 18.9. The molecule has 33 heavy (non-hydrogen) atoms. The van der Waals surface area contributed by atoms with E-state index < -0.39 is 9.84 Å². The molecule has 0 aliphatic rings. The molecule has 2 N–H and O–H groups in total. The Morgan fingerprint density at radius 1 is 1.06 bits per heavy atom. The van der Waals surface area contributed by atoms with E-state index in [9.17, 15) is 8.42 Å². The first kappa shape index (κ1) is 22.9. The Morgan fingerprint density at radius 2 is 1.85 bits per heavy atom. The molecular formula is C25H28N4O3S. The molecule has 4 rings (SSSR count). The van der Waals surface area contributed by atoms with E-state index in [0.717, 1.165) is 41.7 Å². The molecule has 0 atom stereocenters. The lowest BCUT2D eigenvalue weighted by Gasteiger charge is -2.10. The smallest absolute Gasteiger partial charge is 0.199 e. The summed E-state index contributed by atoms with van der Waals surface area (Å²) in [5.74, 6) is 1.18. The first-order valence-corrected chi connectivity index (χ1v) is 12.6. The van der Waals surface area contributed by atoms with Crippen LogP contribution in [-0.4, -0.2) is 29.6 Å². The molecule has 0 unspecified atom stereocenters. The van der Waals surface area contributed by atoms with Gasteiger partial charge in [0.25, 0.3) is 0 Å². The number of fused-ring (bicyclic) bond motifs is 3. The maximum atomic E-state index is 12.6. The van der Waals surface area contributed by atoms with E-state index in [-0.39, 0.29) is 4.90 Å². The van der Waals surface area contributed by atoms with Crippen molar-refractivity contribution in [3.63, 3.8) is 0 Å². The Kier molecular flexibility index (Phi) is 6.76. The normalized spacial score (nSPS) is 12.3. The summed E-state index contributed by atoms with van der Waals surface area (Å²) in [4.78, 5) is 9.55. The van der Waals surface area contributed by atoms with Crippen LogP contribution in [0.3, 0.4) is 0 Å². The molecule has 4 aromatic rings. The topological polar surface area (TPSA) is 100 Å². The molecule has 2 aromatic heterocycles. The second-order valence-electron chi connectivity index (χ2n) is 7.86. The van der Waals surface area contributed by atoms with Gasteiger partial charge in [-0.05, 0) is 42.7 Å². The van der Waals surface area contributed by atoms with Crippen molar-refractivity contribution in [1.82, 2.24) is 14.5 Å². The number of nitrogens with two attached hydrogens (primary N) is 1. The SMILES string of the molecule is CCCOCc1nc2c(N)nc3cc(/C=C/S(=O)(=O)c4ccccc4)ccc3c2n1CCC. The summed E-state index contributed by atoms with van der Waals surface area (Å²) in [6, 6.07) is 14.0. The molecule has 0 saturated carbocycles. The Labute approximate surface area is 193 Å². The highest BCUT2D eigenvalue weighted by atomic mass is 32.2. The van der Waals surface area contributed by atoms with Crippen LogP contribution in [0.15, 0.2) is 58.8 Å². The molecule has 0 amide bonds. The van der Waals surface area contributed by atoms with E-state index in [1.165, 1.54) is 5.41 Å². The van der Waals surface area contributed by atoms with E-state index in [2.05, 4.69) is 23.4 Å². The first-order valence-electron chi connectivity index (χ1n) is 11.1. The van der Waals surface area contributed by atoms with Crippen molar-refractivity contribution in [2.75, 3.05) is 12.3 Å². The van der Waals surface area contributed by atoms with E-state index in [1.807, 2.05) is 18.2 Å². The number of ether oxygens (including phenoxy) is 1. The Morgan fingerprint density at radius 3 is 2.58 bits per heavy atom. The zero-order chi connectivity index (χ0) is 23.4. The van der Waals surface area contributed by atoms with Gasteiger partial charge in [0, 0.05) is 23.9 Å². The lowest BCUT2D eigenvalue weighted by molar-refractivity contribution is 0.114. The third kappa shape index (κ3) is 4.77. The summed E-state index contributed by atoms with van der Waals surface area (Å²) < 4.78 is 33.1. The summed E-state index contributed by atoms with van der Waals surface area (Å²) in [5, 5.41) is 2.14. The average molecular weight is 465 g/mol. The molecule has 2 heterocycles. The quantitative estimate of drug-likeness (QED) is 0.352. The predicted octanol–water partition coefficient (Wildman–Crippen LogP) is 4.95. The van der Waals surface area contributed by atoms with E-state index in [0.29, 0.717) is 30.1 Å². The van der Waals surface area contributed by atoms with Crippen molar-refractivity contribution in [3.8, 4) is 0 Å². The number of aromatic nitrogens is 3. The van der Waals surface area contributed by atoms with Crippen LogP contribution >= 0.6 is 0 Å². The Bertz CT molecular complexity index is 1410. The third-order valence-electron chi connectivity index (χ3n) is 5.35. The second-order valence-corrected chi connectivity index (χ2v) is 9.70. The number of nitrogens with zero attached hydrogens (tertiary/aromatic N) is 3. The Balaban J connectivity index is 1.77. The lowest BCUT2D eigenvalue weighted by Crippen LogP contribution is -2.06. The number of sulfone groups is 1. The highest BCUT2D eigenvalue weighted by Crippen LogP contribution is 2.30. The lowest BCUT2D eigenvalue weighted by atomic mass is 10.1. The second kappa shape index (κ2) is 9.72. The summed E-state index contributed by atoms with van der Waals surface area (Å²) in [6.45, 7) is 6.07. The molecule has 0 fully saturated rings. The molecule has 7 nitrogen and oxygen atoms in total. The number of benzene rings is 2. The van der Waals surface area contributed by atoms with Crippen molar-refractivity contribution in [3.05, 3.63) is 65.3 Å². The van der Waals surface area contributed by atoms with Gasteiger partial charge < -0.3 is 15.0 Å². The monoisotopic (exact) mass is 464 g/mol. The van der Waals surface area contributed by atoms with Gasteiger partial charge in [0.05, 0.1) is 15.9 Å². The highest BCUT2D eigenvalue weighted by Gasteiger charge is 2.17. The number of nitrogen functional groups attached to an aromatic ring is 1. The van der Waals surface area contributed by atoms with E-state index in [1.54, 1.807) is 36.4 Å².